The summed E-state index contributed by atoms with van der Waals surface area (Å²) < 4.78 is 0. The number of hydrogen-bond donors (Lipinski definition) is 0. The first-order valence-electron chi connectivity index (χ1n) is 44.8. The second-order valence-corrected chi connectivity index (χ2v) is 30.4. The summed E-state index contributed by atoms with van der Waals surface area (Å²) in [6.45, 7) is 11.3. The van der Waals surface area contributed by atoms with Crippen molar-refractivity contribution in [2.75, 3.05) is 0 Å². The monoisotopic (exact) mass is 1530 g/mol. The molecular weight excluding hydrogens is 1360 g/mol. The quantitative estimate of drug-likeness (QED) is 0.0417. The van der Waals surface area contributed by atoms with E-state index in [1.807, 2.05) is 0 Å². The summed E-state index contributed by atoms with van der Waals surface area (Å²) in [4.78, 5) is 51.1. The van der Waals surface area contributed by atoms with E-state index in [1.165, 1.54) is 417 Å². The summed E-state index contributed by atoms with van der Waals surface area (Å²) in [5.41, 5.74) is 0. The third-order valence-electron chi connectivity index (χ3n) is 19.9. The molecule has 0 N–H and O–H groups in total. The number of carbonyl (C=O) groups excluding carboxylic acids is 5. The Morgan fingerprint density at radius 3 is 0.255 bits per heavy atom. The van der Waals surface area contributed by atoms with Crippen molar-refractivity contribution in [1.82, 2.24) is 0 Å². The summed E-state index contributed by atoms with van der Waals surface area (Å²) in [6, 6.07) is 0. The summed E-state index contributed by atoms with van der Waals surface area (Å²) in [5, 5.41) is 51.1. The first kappa shape index (κ1) is 114. The summed E-state index contributed by atoms with van der Waals surface area (Å²) >= 11 is 0. The van der Waals surface area contributed by atoms with Crippen LogP contribution in [0.15, 0.2) is 0 Å². The number of carbonyl (C=O) groups is 5. The van der Waals surface area contributed by atoms with Crippen molar-refractivity contribution in [1.29, 1.82) is 0 Å². The van der Waals surface area contributed by atoms with Gasteiger partial charge in [0.2, 0.25) is 0 Å². The fraction of sp³-hybridized carbons (Fsp3) is 0.944. The third-order valence-corrected chi connectivity index (χ3v) is 19.9. The predicted octanol–water partition coefficient (Wildman–Crippen LogP) is 25.0. The van der Waals surface area contributed by atoms with Gasteiger partial charge in [0.05, 0.1) is 0 Å². The Morgan fingerprint density at radius 1 is 0.137 bits per heavy atom. The van der Waals surface area contributed by atoms with Gasteiger partial charge >= 0.3 is 34.4 Å². The summed E-state index contributed by atoms with van der Waals surface area (Å²) in [6.07, 6.45) is 99.3. The molecule has 0 aromatic carbocycles. The van der Waals surface area contributed by atoms with Crippen LogP contribution >= 0.6 is 0 Å². The van der Waals surface area contributed by atoms with Gasteiger partial charge in [0.1, 0.15) is 0 Å². The largest absolute Gasteiger partial charge is 3.00 e. The number of unbranched alkanes of at least 4 members (excludes halogenated alkanes) is 70. The molecule has 0 saturated heterocycles. The van der Waals surface area contributed by atoms with Crippen LogP contribution in [0, 0.1) is 0 Å². The fourth-order valence-corrected chi connectivity index (χ4v) is 13.2. The van der Waals surface area contributed by atoms with Gasteiger partial charge in [-0.3, -0.25) is 0 Å². The molecule has 0 amide bonds. The molecule has 612 valence electrons. The van der Waals surface area contributed by atoms with Gasteiger partial charge in [-0.05, 0) is 64.2 Å². The third kappa shape index (κ3) is 134. The van der Waals surface area contributed by atoms with E-state index in [-0.39, 0.29) is 66.5 Å². The van der Waals surface area contributed by atoms with E-state index in [9.17, 15) is 49.5 Å². The van der Waals surface area contributed by atoms with E-state index in [4.69, 9.17) is 0 Å². The maximum Gasteiger partial charge on any atom is 3.00 e. The first-order valence-corrected chi connectivity index (χ1v) is 44.8. The minimum Gasteiger partial charge on any atom is -0.550 e. The molecule has 0 heterocycles. The van der Waals surface area contributed by atoms with E-state index < -0.39 is 29.8 Å². The second kappa shape index (κ2) is 110. The van der Waals surface area contributed by atoms with Crippen LogP contribution < -0.4 is 25.5 Å². The SMILES string of the molecule is CCCCCCCCCCCCCCCCCC(=O)[O-].CCCCCCCCCCCCCCCCCC(=O)[O-].CCCCCCCCCCCCCCCCCC(=O)[O-].CCCCCCCCCCCCCCCCCC(=O)[O-].CCCCCCCCCCCCCCCCCC(=O)[O-].[Cr+3].[Cu+2]. The molecule has 12 heteroatoms. The van der Waals surface area contributed by atoms with Crippen molar-refractivity contribution in [3.05, 3.63) is 0 Å². The van der Waals surface area contributed by atoms with Gasteiger partial charge in [0.25, 0.3) is 0 Å². The Hall–Kier alpha value is -1.60. The minimum atomic E-state index is -0.903. The minimum absolute atomic E-state index is 0. The van der Waals surface area contributed by atoms with Crippen LogP contribution in [0.2, 0.25) is 0 Å². The van der Waals surface area contributed by atoms with E-state index in [2.05, 4.69) is 34.6 Å². The Bertz CT molecular complexity index is 1280. The van der Waals surface area contributed by atoms with E-state index in [0.29, 0.717) is 0 Å². The molecule has 10 nitrogen and oxygen atoms in total. The average molecular weight is 1530 g/mol. The molecule has 0 saturated carbocycles. The molecule has 0 aliphatic rings. The maximum atomic E-state index is 10.2. The predicted molar refractivity (Wildman–Crippen MR) is 423 cm³/mol. The van der Waals surface area contributed by atoms with Gasteiger partial charge in [-0.25, -0.2) is 0 Å². The van der Waals surface area contributed by atoms with E-state index in [1.54, 1.807) is 0 Å². The molecule has 0 bridgehead atoms. The van der Waals surface area contributed by atoms with Crippen molar-refractivity contribution < 1.29 is 83.9 Å². The van der Waals surface area contributed by atoms with Gasteiger partial charge < -0.3 is 49.5 Å². The number of hydrogen-bond acceptors (Lipinski definition) is 10. The Kier molecular flexibility index (Phi) is 123. The van der Waals surface area contributed by atoms with Crippen molar-refractivity contribution >= 4 is 29.8 Å². The van der Waals surface area contributed by atoms with Crippen LogP contribution in [0.25, 0.3) is 0 Å². The number of carboxylic acid groups (broad SMARTS) is 5. The smallest absolute Gasteiger partial charge is 0.550 e. The zero-order chi connectivity index (χ0) is 74.5. The van der Waals surface area contributed by atoms with Gasteiger partial charge in [0, 0.05) is 29.8 Å². The van der Waals surface area contributed by atoms with Gasteiger partial charge in [-0.15, -0.1) is 0 Å². The second-order valence-electron chi connectivity index (χ2n) is 30.4. The van der Waals surface area contributed by atoms with Crippen LogP contribution in [0.3, 0.4) is 0 Å². The van der Waals surface area contributed by atoms with Gasteiger partial charge in [-0.1, -0.05) is 484 Å². The van der Waals surface area contributed by atoms with Crippen LogP contribution in [0.1, 0.15) is 548 Å². The number of rotatable bonds is 80. The molecule has 0 aliphatic heterocycles. The molecule has 0 rings (SSSR count). The Morgan fingerprint density at radius 2 is 0.196 bits per heavy atom. The maximum absolute atomic E-state index is 10.2. The standard InChI is InChI=1S/5C18H36O2.Cr.Cu/c5*1-2-3-4-5-6-7-8-9-10-11-12-13-14-15-16-17-18(19)20;;/h5*2-17H2,1H3,(H,19,20);;/q;;;;;+3;+2/p-5. The molecule has 2 radical (unpaired) electrons. The molecule has 0 aromatic heterocycles. The molecule has 102 heavy (non-hydrogen) atoms. The topological polar surface area (TPSA) is 201 Å². The molecule has 0 unspecified atom stereocenters. The fourth-order valence-electron chi connectivity index (χ4n) is 13.2. The first-order chi connectivity index (χ1) is 48.9. The van der Waals surface area contributed by atoms with Crippen molar-refractivity contribution in [3.8, 4) is 0 Å². The van der Waals surface area contributed by atoms with Crippen molar-refractivity contribution in [2.45, 2.75) is 548 Å². The Labute approximate surface area is 657 Å². The zero-order valence-electron chi connectivity index (χ0n) is 68.9. The average Bonchev–Trinajstić information content (AvgIpc) is 3.77. The molecular formula is C90H175CrCuO10. The Balaban J connectivity index is -0.000000220. The van der Waals surface area contributed by atoms with Crippen LogP contribution in [-0.2, 0) is 58.4 Å². The van der Waals surface area contributed by atoms with E-state index >= 15 is 0 Å². The van der Waals surface area contributed by atoms with Crippen LogP contribution in [0.5, 0.6) is 0 Å². The zero-order valence-corrected chi connectivity index (χ0v) is 71.1. The molecule has 0 spiro atoms. The summed E-state index contributed by atoms with van der Waals surface area (Å²) in [5.74, 6) is -4.52. The number of carboxylic acids is 5. The number of aliphatic carboxylic acids is 5. The van der Waals surface area contributed by atoms with Crippen LogP contribution in [-0.4, -0.2) is 29.8 Å². The van der Waals surface area contributed by atoms with Crippen molar-refractivity contribution in [3.63, 3.8) is 0 Å². The normalized spacial score (nSPS) is 10.6. The summed E-state index contributed by atoms with van der Waals surface area (Å²) in [7, 11) is 0. The van der Waals surface area contributed by atoms with Gasteiger partial charge in [0.15, 0.2) is 0 Å². The molecule has 0 aliphatic carbocycles. The molecule has 0 aromatic rings. The van der Waals surface area contributed by atoms with E-state index in [0.717, 1.165) is 64.2 Å². The van der Waals surface area contributed by atoms with Crippen molar-refractivity contribution in [2.24, 2.45) is 0 Å². The van der Waals surface area contributed by atoms with Crippen LogP contribution in [0.4, 0.5) is 0 Å². The molecule has 0 atom stereocenters. The van der Waals surface area contributed by atoms with Gasteiger partial charge in [-0.2, -0.15) is 0 Å². The molecule has 0 fully saturated rings.